The normalized spacial score (nSPS) is 12.1. The van der Waals surface area contributed by atoms with Gasteiger partial charge in [0.15, 0.2) is 0 Å². The van der Waals surface area contributed by atoms with Gasteiger partial charge in [0.05, 0.1) is 13.0 Å². The van der Waals surface area contributed by atoms with E-state index in [0.717, 1.165) is 5.56 Å². The van der Waals surface area contributed by atoms with Gasteiger partial charge in [0.25, 0.3) is 0 Å². The van der Waals surface area contributed by atoms with Crippen molar-refractivity contribution in [3.63, 3.8) is 0 Å². The molecular formula is C17H25NO3. The fraction of sp³-hybridized carbons (Fsp3) is 0.529. The standard InChI is InChI=1S/C17H25NO3/c1-12(2)16(19)18(10-14(4)17(20)21-5)11-15-8-6-13(3)7-9-15/h6-9,12,14H,10-11H2,1-5H3. The molecule has 4 nitrogen and oxygen atoms in total. The Morgan fingerprint density at radius 1 is 1.14 bits per heavy atom. The summed E-state index contributed by atoms with van der Waals surface area (Å²) in [5.74, 6) is -0.671. The molecule has 0 fully saturated rings. The Bertz CT molecular complexity index is 479. The lowest BCUT2D eigenvalue weighted by atomic mass is 10.1. The van der Waals surface area contributed by atoms with Crippen molar-refractivity contribution in [1.29, 1.82) is 0 Å². The SMILES string of the molecule is COC(=O)C(C)CN(Cc1ccc(C)cc1)C(=O)C(C)C. The van der Waals surface area contributed by atoms with E-state index in [1.807, 2.05) is 45.0 Å². The van der Waals surface area contributed by atoms with Gasteiger partial charge in [-0.3, -0.25) is 9.59 Å². The van der Waals surface area contributed by atoms with E-state index >= 15 is 0 Å². The minimum Gasteiger partial charge on any atom is -0.469 e. The second-order valence-corrected chi connectivity index (χ2v) is 5.78. The average molecular weight is 291 g/mol. The van der Waals surface area contributed by atoms with Crippen LogP contribution in [0, 0.1) is 18.8 Å². The third kappa shape index (κ3) is 5.21. The second-order valence-electron chi connectivity index (χ2n) is 5.78. The number of methoxy groups -OCH3 is 1. The van der Waals surface area contributed by atoms with Crippen LogP contribution in [0.5, 0.6) is 0 Å². The van der Waals surface area contributed by atoms with Gasteiger partial charge in [0.1, 0.15) is 0 Å². The summed E-state index contributed by atoms with van der Waals surface area (Å²) in [6.45, 7) is 8.43. The van der Waals surface area contributed by atoms with Gasteiger partial charge in [-0.1, -0.05) is 50.6 Å². The molecular weight excluding hydrogens is 266 g/mol. The number of rotatable bonds is 6. The third-order valence-electron chi connectivity index (χ3n) is 3.40. The molecule has 0 radical (unpaired) electrons. The van der Waals surface area contributed by atoms with Crippen LogP contribution in [0.25, 0.3) is 0 Å². The Morgan fingerprint density at radius 2 is 1.71 bits per heavy atom. The topological polar surface area (TPSA) is 46.6 Å². The first-order valence-corrected chi connectivity index (χ1v) is 7.27. The molecule has 0 saturated heterocycles. The monoisotopic (exact) mass is 291 g/mol. The first kappa shape index (κ1) is 17.2. The lowest BCUT2D eigenvalue weighted by molar-refractivity contribution is -0.147. The van der Waals surface area contributed by atoms with Gasteiger partial charge in [-0.2, -0.15) is 0 Å². The van der Waals surface area contributed by atoms with E-state index < -0.39 is 0 Å². The summed E-state index contributed by atoms with van der Waals surface area (Å²) < 4.78 is 4.74. The van der Waals surface area contributed by atoms with Crippen molar-refractivity contribution in [1.82, 2.24) is 4.90 Å². The van der Waals surface area contributed by atoms with E-state index in [-0.39, 0.29) is 23.7 Å². The van der Waals surface area contributed by atoms with E-state index in [0.29, 0.717) is 13.1 Å². The largest absolute Gasteiger partial charge is 0.469 e. The number of carbonyl (C=O) groups is 2. The maximum atomic E-state index is 12.3. The molecule has 21 heavy (non-hydrogen) atoms. The Kier molecular flexibility index (Phi) is 6.40. The van der Waals surface area contributed by atoms with Crippen molar-refractivity contribution >= 4 is 11.9 Å². The van der Waals surface area contributed by atoms with Crippen molar-refractivity contribution in [2.75, 3.05) is 13.7 Å². The fourth-order valence-corrected chi connectivity index (χ4v) is 2.12. The van der Waals surface area contributed by atoms with Gasteiger partial charge in [-0.25, -0.2) is 0 Å². The molecule has 1 rings (SSSR count). The highest BCUT2D eigenvalue weighted by Crippen LogP contribution is 2.13. The zero-order valence-electron chi connectivity index (χ0n) is 13.6. The van der Waals surface area contributed by atoms with Crippen LogP contribution >= 0.6 is 0 Å². The van der Waals surface area contributed by atoms with E-state index in [1.165, 1.54) is 12.7 Å². The zero-order chi connectivity index (χ0) is 16.0. The van der Waals surface area contributed by atoms with Gasteiger partial charge in [0.2, 0.25) is 5.91 Å². The fourth-order valence-electron chi connectivity index (χ4n) is 2.12. The smallest absolute Gasteiger partial charge is 0.310 e. The highest BCUT2D eigenvalue weighted by molar-refractivity contribution is 5.79. The van der Waals surface area contributed by atoms with Crippen LogP contribution in [-0.4, -0.2) is 30.4 Å². The van der Waals surface area contributed by atoms with Crippen molar-refractivity contribution in [3.05, 3.63) is 35.4 Å². The minimum absolute atomic E-state index is 0.0475. The average Bonchev–Trinajstić information content (AvgIpc) is 2.46. The molecule has 1 aromatic rings. The lowest BCUT2D eigenvalue weighted by Gasteiger charge is -2.27. The maximum absolute atomic E-state index is 12.3. The Morgan fingerprint density at radius 3 is 2.19 bits per heavy atom. The Balaban J connectivity index is 2.84. The number of carbonyl (C=O) groups excluding carboxylic acids is 2. The summed E-state index contributed by atoms with van der Waals surface area (Å²) in [7, 11) is 1.37. The first-order valence-electron chi connectivity index (χ1n) is 7.27. The van der Waals surface area contributed by atoms with E-state index in [1.54, 1.807) is 11.8 Å². The van der Waals surface area contributed by atoms with Crippen molar-refractivity contribution < 1.29 is 14.3 Å². The summed E-state index contributed by atoms with van der Waals surface area (Å²) in [5, 5.41) is 0. The molecule has 4 heteroatoms. The quantitative estimate of drug-likeness (QED) is 0.757. The number of aryl methyl sites for hydroxylation is 1. The molecule has 1 aromatic carbocycles. The second kappa shape index (κ2) is 7.81. The molecule has 0 heterocycles. The van der Waals surface area contributed by atoms with Crippen molar-refractivity contribution in [2.45, 2.75) is 34.2 Å². The van der Waals surface area contributed by atoms with Crippen LogP contribution in [0.3, 0.4) is 0 Å². The lowest BCUT2D eigenvalue weighted by Crippen LogP contribution is -2.39. The van der Waals surface area contributed by atoms with Gasteiger partial charge >= 0.3 is 5.97 Å². The molecule has 0 bridgehead atoms. The predicted molar refractivity (Wildman–Crippen MR) is 82.6 cm³/mol. The Hall–Kier alpha value is -1.84. The molecule has 0 aliphatic carbocycles. The summed E-state index contributed by atoms with van der Waals surface area (Å²) in [6, 6.07) is 8.08. The van der Waals surface area contributed by atoms with Crippen LogP contribution in [0.1, 0.15) is 31.9 Å². The van der Waals surface area contributed by atoms with Crippen molar-refractivity contribution in [2.24, 2.45) is 11.8 Å². The molecule has 0 aromatic heterocycles. The molecule has 1 amide bonds. The molecule has 0 saturated carbocycles. The highest BCUT2D eigenvalue weighted by Gasteiger charge is 2.23. The maximum Gasteiger partial charge on any atom is 0.310 e. The highest BCUT2D eigenvalue weighted by atomic mass is 16.5. The summed E-state index contributed by atoms with van der Waals surface area (Å²) in [6.07, 6.45) is 0. The van der Waals surface area contributed by atoms with Gasteiger partial charge in [-0.05, 0) is 12.5 Å². The summed E-state index contributed by atoms with van der Waals surface area (Å²) in [4.78, 5) is 25.6. The third-order valence-corrected chi connectivity index (χ3v) is 3.40. The molecule has 116 valence electrons. The van der Waals surface area contributed by atoms with Crippen LogP contribution in [0.2, 0.25) is 0 Å². The summed E-state index contributed by atoms with van der Waals surface area (Å²) in [5.41, 5.74) is 2.25. The number of ether oxygens (including phenoxy) is 1. The molecule has 0 aliphatic rings. The number of benzene rings is 1. The van der Waals surface area contributed by atoms with E-state index in [2.05, 4.69) is 0 Å². The molecule has 1 atom stereocenters. The molecule has 1 unspecified atom stereocenters. The Labute approximate surface area is 127 Å². The van der Waals surface area contributed by atoms with Gasteiger partial charge < -0.3 is 9.64 Å². The number of hydrogen-bond donors (Lipinski definition) is 0. The zero-order valence-corrected chi connectivity index (χ0v) is 13.6. The molecule has 0 aliphatic heterocycles. The van der Waals surface area contributed by atoms with E-state index in [9.17, 15) is 9.59 Å². The number of esters is 1. The molecule has 0 N–H and O–H groups in total. The number of amides is 1. The van der Waals surface area contributed by atoms with Crippen LogP contribution < -0.4 is 0 Å². The van der Waals surface area contributed by atoms with Gasteiger partial charge in [0, 0.05) is 19.0 Å². The van der Waals surface area contributed by atoms with Crippen LogP contribution in [0.4, 0.5) is 0 Å². The molecule has 0 spiro atoms. The first-order chi connectivity index (χ1) is 9.85. The number of nitrogens with zero attached hydrogens (tertiary/aromatic N) is 1. The van der Waals surface area contributed by atoms with E-state index in [4.69, 9.17) is 4.74 Å². The predicted octanol–water partition coefficient (Wildman–Crippen LogP) is 2.79. The summed E-state index contributed by atoms with van der Waals surface area (Å²) >= 11 is 0. The minimum atomic E-state index is -0.330. The van der Waals surface area contributed by atoms with Gasteiger partial charge in [-0.15, -0.1) is 0 Å². The van der Waals surface area contributed by atoms with Crippen molar-refractivity contribution in [3.8, 4) is 0 Å². The number of hydrogen-bond acceptors (Lipinski definition) is 3. The van der Waals surface area contributed by atoms with Crippen LogP contribution in [0.15, 0.2) is 24.3 Å². The van der Waals surface area contributed by atoms with Crippen LogP contribution in [-0.2, 0) is 20.9 Å².